The minimum atomic E-state index is -1.86. The van der Waals surface area contributed by atoms with Gasteiger partial charge in [-0.15, -0.1) is 0 Å². The number of hydrogen-bond acceptors (Lipinski definition) is 5. The monoisotopic (exact) mass is 274 g/mol. The molecule has 2 rings (SSSR count). The van der Waals surface area contributed by atoms with Crippen molar-refractivity contribution in [1.29, 1.82) is 0 Å². The van der Waals surface area contributed by atoms with Crippen LogP contribution in [-0.2, 0) is 11.2 Å². The Morgan fingerprint density at radius 3 is 2.74 bits per heavy atom. The van der Waals surface area contributed by atoms with Crippen molar-refractivity contribution in [2.45, 2.75) is 38.0 Å². The lowest BCUT2D eigenvalue weighted by atomic mass is 10.1. The van der Waals surface area contributed by atoms with Gasteiger partial charge in [-0.05, 0) is 6.42 Å². The predicted molar refractivity (Wildman–Crippen MR) is 62.6 cm³/mol. The third-order valence-corrected chi connectivity index (χ3v) is 3.17. The van der Waals surface area contributed by atoms with E-state index in [1.165, 1.54) is 6.20 Å². The molecule has 1 saturated heterocycles. The largest absolute Gasteiger partial charge is 0.394 e. The van der Waals surface area contributed by atoms with Gasteiger partial charge in [0.05, 0.1) is 6.61 Å². The summed E-state index contributed by atoms with van der Waals surface area (Å²) in [5.41, 5.74) is -1.05. The number of nitrogens with zero attached hydrogens (tertiary/aromatic N) is 1. The molecule has 2 heterocycles. The summed E-state index contributed by atoms with van der Waals surface area (Å²) < 4.78 is 19.9. The van der Waals surface area contributed by atoms with E-state index in [1.807, 2.05) is 0 Å². The number of ether oxygens (including phenoxy) is 1. The van der Waals surface area contributed by atoms with Crippen LogP contribution in [0, 0.1) is 0 Å². The normalized spacial score (nSPS) is 30.7. The summed E-state index contributed by atoms with van der Waals surface area (Å²) in [6.07, 6.45) is -4.24. The van der Waals surface area contributed by atoms with Crippen LogP contribution < -0.4 is 11.2 Å². The number of aryl methyl sites for hydroxylation is 1. The fourth-order valence-corrected chi connectivity index (χ4v) is 2.05. The van der Waals surface area contributed by atoms with E-state index in [1.54, 1.807) is 6.92 Å². The minimum Gasteiger partial charge on any atom is -0.394 e. The smallest absolute Gasteiger partial charge is 0.330 e. The molecule has 0 radical (unpaired) electrons. The highest BCUT2D eigenvalue weighted by atomic mass is 19.1. The van der Waals surface area contributed by atoms with Crippen LogP contribution >= 0.6 is 0 Å². The molecule has 0 saturated carbocycles. The van der Waals surface area contributed by atoms with Gasteiger partial charge >= 0.3 is 5.69 Å². The highest BCUT2D eigenvalue weighted by Gasteiger charge is 2.45. The van der Waals surface area contributed by atoms with Gasteiger partial charge in [0.25, 0.3) is 5.56 Å². The van der Waals surface area contributed by atoms with Crippen LogP contribution in [-0.4, -0.2) is 44.8 Å². The second kappa shape index (κ2) is 5.24. The van der Waals surface area contributed by atoms with Gasteiger partial charge in [0.1, 0.15) is 12.2 Å². The Labute approximate surface area is 107 Å². The first kappa shape index (κ1) is 13.9. The van der Waals surface area contributed by atoms with Crippen LogP contribution in [0.4, 0.5) is 4.39 Å². The van der Waals surface area contributed by atoms with Crippen molar-refractivity contribution in [1.82, 2.24) is 9.55 Å². The van der Waals surface area contributed by atoms with Crippen molar-refractivity contribution in [3.63, 3.8) is 0 Å². The molecule has 0 amide bonds. The highest BCUT2D eigenvalue weighted by Crippen LogP contribution is 2.30. The number of alkyl halides is 1. The van der Waals surface area contributed by atoms with Crippen LogP contribution in [0.5, 0.6) is 0 Å². The third-order valence-electron chi connectivity index (χ3n) is 3.17. The Hall–Kier alpha value is -1.51. The Morgan fingerprint density at radius 2 is 2.21 bits per heavy atom. The molecule has 1 aromatic rings. The molecule has 1 aliphatic heterocycles. The number of aliphatic hydroxyl groups is 2. The molecule has 19 heavy (non-hydrogen) atoms. The van der Waals surface area contributed by atoms with Gasteiger partial charge in [0.15, 0.2) is 12.4 Å². The number of aliphatic hydroxyl groups excluding tert-OH is 2. The zero-order valence-electron chi connectivity index (χ0n) is 10.2. The highest BCUT2D eigenvalue weighted by molar-refractivity contribution is 5.05. The van der Waals surface area contributed by atoms with Gasteiger partial charge in [0.2, 0.25) is 0 Å². The number of H-pyrrole nitrogens is 1. The maximum atomic E-state index is 13.9. The molecule has 1 fully saturated rings. The van der Waals surface area contributed by atoms with Crippen LogP contribution in [0.1, 0.15) is 18.7 Å². The number of halogens is 1. The summed E-state index contributed by atoms with van der Waals surface area (Å²) in [7, 11) is 0. The Balaban J connectivity index is 2.43. The standard InChI is InChI=1S/C11H15FN2O5/c1-2-5-3-14(11(18)13-9(5)17)10-7(12)8(16)6(4-15)19-10/h3,6-8,10,15-16H,2,4H2,1H3,(H,13,17,18)/t6-,7+,8-,10-/m0/s1. The Morgan fingerprint density at radius 1 is 1.53 bits per heavy atom. The topological polar surface area (TPSA) is 105 Å². The molecule has 1 aromatic heterocycles. The zero-order valence-corrected chi connectivity index (χ0v) is 10.2. The molecule has 106 valence electrons. The van der Waals surface area contributed by atoms with Crippen LogP contribution in [0.2, 0.25) is 0 Å². The first-order valence-electron chi connectivity index (χ1n) is 5.92. The number of aromatic nitrogens is 2. The van der Waals surface area contributed by atoms with E-state index in [0.29, 0.717) is 12.0 Å². The van der Waals surface area contributed by atoms with Crippen LogP contribution in [0.3, 0.4) is 0 Å². The molecule has 7 nitrogen and oxygen atoms in total. The number of rotatable bonds is 3. The average Bonchev–Trinajstić information content (AvgIpc) is 2.67. The average molecular weight is 274 g/mol. The van der Waals surface area contributed by atoms with Crippen molar-refractivity contribution < 1.29 is 19.3 Å². The van der Waals surface area contributed by atoms with E-state index in [2.05, 4.69) is 4.98 Å². The molecule has 4 atom stereocenters. The molecule has 0 aliphatic carbocycles. The first-order valence-corrected chi connectivity index (χ1v) is 5.92. The first-order chi connectivity index (χ1) is 8.99. The molecule has 3 N–H and O–H groups in total. The lowest BCUT2D eigenvalue weighted by Gasteiger charge is -2.16. The molecule has 0 unspecified atom stereocenters. The number of hydrogen-bond donors (Lipinski definition) is 3. The minimum absolute atomic E-state index is 0.303. The predicted octanol–water partition coefficient (Wildman–Crippen LogP) is -1.31. The molecule has 0 aromatic carbocycles. The lowest BCUT2D eigenvalue weighted by molar-refractivity contribution is -0.0492. The summed E-state index contributed by atoms with van der Waals surface area (Å²) in [5, 5.41) is 18.5. The van der Waals surface area contributed by atoms with Crippen molar-refractivity contribution in [2.24, 2.45) is 0 Å². The maximum absolute atomic E-state index is 13.9. The van der Waals surface area contributed by atoms with Crippen molar-refractivity contribution in [2.75, 3.05) is 6.61 Å². The summed E-state index contributed by atoms with van der Waals surface area (Å²) >= 11 is 0. The van der Waals surface area contributed by atoms with Gasteiger partial charge in [-0.3, -0.25) is 14.3 Å². The van der Waals surface area contributed by atoms with E-state index < -0.39 is 42.5 Å². The van der Waals surface area contributed by atoms with Gasteiger partial charge < -0.3 is 14.9 Å². The molecule has 0 spiro atoms. The second-order valence-electron chi connectivity index (χ2n) is 4.36. The molecular formula is C11H15FN2O5. The van der Waals surface area contributed by atoms with Crippen LogP contribution in [0.25, 0.3) is 0 Å². The van der Waals surface area contributed by atoms with Crippen molar-refractivity contribution in [3.8, 4) is 0 Å². The zero-order chi connectivity index (χ0) is 14.2. The van der Waals surface area contributed by atoms with E-state index >= 15 is 0 Å². The Bertz CT molecular complexity index is 569. The number of aromatic amines is 1. The maximum Gasteiger partial charge on any atom is 0.330 e. The van der Waals surface area contributed by atoms with Crippen molar-refractivity contribution in [3.05, 3.63) is 32.6 Å². The third kappa shape index (κ3) is 2.34. The second-order valence-corrected chi connectivity index (χ2v) is 4.36. The van der Waals surface area contributed by atoms with E-state index in [4.69, 9.17) is 9.84 Å². The number of nitrogens with one attached hydrogen (secondary N) is 1. The van der Waals surface area contributed by atoms with Crippen molar-refractivity contribution >= 4 is 0 Å². The Kier molecular flexibility index (Phi) is 3.83. The van der Waals surface area contributed by atoms with E-state index in [-0.39, 0.29) is 0 Å². The lowest BCUT2D eigenvalue weighted by Crippen LogP contribution is -2.37. The SMILES string of the molecule is CCc1cn([C@H]2O[C@@H](CO)[C@H](O)[C@H]2F)c(=O)[nH]c1=O. The van der Waals surface area contributed by atoms with Gasteiger partial charge in [-0.2, -0.15) is 0 Å². The van der Waals surface area contributed by atoms with Gasteiger partial charge in [-0.25, -0.2) is 9.18 Å². The van der Waals surface area contributed by atoms with E-state index in [9.17, 15) is 19.1 Å². The summed E-state index contributed by atoms with van der Waals surface area (Å²) in [6.45, 7) is 1.16. The van der Waals surface area contributed by atoms with Gasteiger partial charge in [0, 0.05) is 11.8 Å². The summed E-state index contributed by atoms with van der Waals surface area (Å²) in [5.74, 6) is 0. The molecule has 0 bridgehead atoms. The van der Waals surface area contributed by atoms with Crippen LogP contribution in [0.15, 0.2) is 15.8 Å². The summed E-state index contributed by atoms with van der Waals surface area (Å²) in [6, 6.07) is 0. The fraction of sp³-hybridized carbons (Fsp3) is 0.636. The molecule has 1 aliphatic rings. The molecule has 8 heteroatoms. The quantitative estimate of drug-likeness (QED) is 0.634. The van der Waals surface area contributed by atoms with Gasteiger partial charge in [-0.1, -0.05) is 6.92 Å². The molecular weight excluding hydrogens is 259 g/mol. The van der Waals surface area contributed by atoms with E-state index in [0.717, 1.165) is 4.57 Å². The summed E-state index contributed by atoms with van der Waals surface area (Å²) in [4.78, 5) is 25.1. The fourth-order valence-electron chi connectivity index (χ4n) is 2.05.